The number of guanidine groups is 1. The lowest BCUT2D eigenvalue weighted by molar-refractivity contribution is -0.141. The highest BCUT2D eigenvalue weighted by Crippen LogP contribution is 2.09. The second-order valence-electron chi connectivity index (χ2n) is 10.0. The molecule has 1 saturated heterocycles. The summed E-state index contributed by atoms with van der Waals surface area (Å²) in [6.45, 7) is -0.0746. The van der Waals surface area contributed by atoms with Crippen LogP contribution >= 0.6 is 0 Å². The summed E-state index contributed by atoms with van der Waals surface area (Å²) in [6, 6.07) is 3.75. The molecule has 12 N–H and O–H groups in total. The zero-order valence-electron chi connectivity index (χ0n) is 23.8. The molecule has 1 aliphatic heterocycles. The predicted molar refractivity (Wildman–Crippen MR) is 156 cm³/mol. The van der Waals surface area contributed by atoms with Crippen LogP contribution in [-0.2, 0) is 35.2 Å². The van der Waals surface area contributed by atoms with E-state index in [1.807, 2.05) is 0 Å². The van der Waals surface area contributed by atoms with Crippen molar-refractivity contribution in [2.75, 3.05) is 19.6 Å². The molecule has 1 aliphatic rings. The number of aliphatic imine (C=N–C) groups is 1. The molecule has 16 heteroatoms. The molecule has 0 aliphatic carbocycles. The minimum absolute atomic E-state index is 0.0107. The largest absolute Gasteiger partial charge is 0.481 e. The Hall–Kier alpha value is -4.73. The van der Waals surface area contributed by atoms with Gasteiger partial charge in [-0.15, -0.1) is 0 Å². The van der Waals surface area contributed by atoms with Gasteiger partial charge < -0.3 is 48.9 Å². The first kappa shape index (κ1) is 34.5. The second kappa shape index (κ2) is 17.9. The van der Waals surface area contributed by atoms with Gasteiger partial charge in [0.05, 0.1) is 13.0 Å². The number of benzene rings is 1. The quantitative estimate of drug-likeness (QED) is 0.0661. The third-order valence-corrected chi connectivity index (χ3v) is 6.53. The lowest BCUT2D eigenvalue weighted by atomic mass is 10.0. The third-order valence-electron chi connectivity index (χ3n) is 6.53. The maximum atomic E-state index is 13.6. The molecule has 2 rings (SSSR count). The van der Waals surface area contributed by atoms with Crippen LogP contribution in [0.1, 0.15) is 44.1 Å². The number of hydrogen-bond acceptors (Lipinski definition) is 8. The molecule has 1 fully saturated rings. The Labute approximate surface area is 249 Å². The zero-order chi connectivity index (χ0) is 31.8. The van der Waals surface area contributed by atoms with E-state index in [-0.39, 0.29) is 31.8 Å². The minimum Gasteiger partial charge on any atom is -0.481 e. The van der Waals surface area contributed by atoms with Crippen molar-refractivity contribution in [2.24, 2.45) is 22.2 Å². The molecule has 16 nitrogen and oxygen atoms in total. The van der Waals surface area contributed by atoms with Crippen LogP contribution < -0.4 is 43.8 Å². The van der Waals surface area contributed by atoms with E-state index < -0.39 is 72.6 Å². The van der Waals surface area contributed by atoms with Crippen LogP contribution in [0, 0.1) is 0 Å². The molecule has 1 aromatic carbocycles. The normalized spacial score (nSPS) is 22.0. The van der Waals surface area contributed by atoms with Crippen molar-refractivity contribution in [3.05, 3.63) is 35.9 Å². The SMILES string of the molecule is NCCCC[C@@H]1NC(=O)[C@H](Cc2ccccc2)NC(=O)[C@@H](CC(=O)O)NC(=O)CNC(=O)C(CCCN=C(N)N)NC1=O. The Morgan fingerprint density at radius 3 is 2.00 bits per heavy atom. The third kappa shape index (κ3) is 12.8. The molecule has 0 saturated carbocycles. The highest BCUT2D eigenvalue weighted by Gasteiger charge is 2.33. The smallest absolute Gasteiger partial charge is 0.305 e. The fraction of sp³-hybridized carbons (Fsp3) is 0.519. The lowest BCUT2D eigenvalue weighted by Gasteiger charge is -2.26. The molecule has 1 heterocycles. The molecular weight excluding hydrogens is 562 g/mol. The van der Waals surface area contributed by atoms with Gasteiger partial charge in [-0.3, -0.25) is 33.8 Å². The monoisotopic (exact) mass is 603 g/mol. The van der Waals surface area contributed by atoms with Crippen molar-refractivity contribution in [1.29, 1.82) is 0 Å². The summed E-state index contributed by atoms with van der Waals surface area (Å²) >= 11 is 0. The number of amides is 5. The van der Waals surface area contributed by atoms with Crippen molar-refractivity contribution in [2.45, 2.75) is 69.1 Å². The number of aliphatic carboxylic acids is 1. The van der Waals surface area contributed by atoms with E-state index in [2.05, 4.69) is 31.6 Å². The number of carboxylic acids is 1. The van der Waals surface area contributed by atoms with E-state index in [0.29, 0.717) is 31.4 Å². The maximum absolute atomic E-state index is 13.6. The van der Waals surface area contributed by atoms with E-state index in [4.69, 9.17) is 17.2 Å². The number of nitrogens with zero attached hydrogens (tertiary/aromatic N) is 1. The van der Waals surface area contributed by atoms with Crippen molar-refractivity contribution in [3.63, 3.8) is 0 Å². The van der Waals surface area contributed by atoms with Gasteiger partial charge in [0.15, 0.2) is 5.96 Å². The van der Waals surface area contributed by atoms with Crippen molar-refractivity contribution < 1.29 is 33.9 Å². The fourth-order valence-electron chi connectivity index (χ4n) is 4.33. The van der Waals surface area contributed by atoms with Crippen molar-refractivity contribution >= 4 is 41.5 Å². The van der Waals surface area contributed by atoms with Gasteiger partial charge in [-0.1, -0.05) is 30.3 Å². The van der Waals surface area contributed by atoms with Gasteiger partial charge >= 0.3 is 5.97 Å². The minimum atomic E-state index is -1.55. The summed E-state index contributed by atoms with van der Waals surface area (Å²) in [6.07, 6.45) is 0.854. The van der Waals surface area contributed by atoms with Crippen LogP contribution in [0.25, 0.3) is 0 Å². The Kier molecular flexibility index (Phi) is 14.4. The molecule has 0 bridgehead atoms. The van der Waals surface area contributed by atoms with Gasteiger partial charge in [0.25, 0.3) is 0 Å². The average molecular weight is 604 g/mol. The summed E-state index contributed by atoms with van der Waals surface area (Å²) in [5.74, 6) is -5.36. The number of nitrogens with one attached hydrogen (secondary N) is 5. The van der Waals surface area contributed by atoms with Gasteiger partial charge in [0.2, 0.25) is 29.5 Å². The Balaban J connectivity index is 2.44. The first-order valence-electron chi connectivity index (χ1n) is 14.0. The zero-order valence-corrected chi connectivity index (χ0v) is 23.8. The first-order chi connectivity index (χ1) is 20.5. The number of hydrogen-bond donors (Lipinski definition) is 9. The van der Waals surface area contributed by atoms with Gasteiger partial charge in [-0.05, 0) is 44.2 Å². The molecule has 1 aromatic rings. The maximum Gasteiger partial charge on any atom is 0.305 e. The summed E-state index contributed by atoms with van der Waals surface area (Å²) in [7, 11) is 0. The molecule has 1 unspecified atom stereocenters. The van der Waals surface area contributed by atoms with Crippen LogP contribution in [-0.4, -0.2) is 90.4 Å². The molecule has 0 spiro atoms. The van der Waals surface area contributed by atoms with Crippen molar-refractivity contribution in [1.82, 2.24) is 26.6 Å². The Bertz CT molecular complexity index is 1160. The number of rotatable bonds is 12. The fourth-order valence-corrected chi connectivity index (χ4v) is 4.33. The average Bonchev–Trinajstić information content (AvgIpc) is 2.95. The molecule has 0 radical (unpaired) electrons. The van der Waals surface area contributed by atoms with E-state index in [1.54, 1.807) is 30.3 Å². The van der Waals surface area contributed by atoms with Crippen LogP contribution in [0.15, 0.2) is 35.3 Å². The Morgan fingerprint density at radius 2 is 1.37 bits per heavy atom. The molecule has 0 aromatic heterocycles. The number of carboxylic acid groups (broad SMARTS) is 1. The summed E-state index contributed by atoms with van der Waals surface area (Å²) < 4.78 is 0. The van der Waals surface area contributed by atoms with Crippen LogP contribution in [0.3, 0.4) is 0 Å². The predicted octanol–water partition coefficient (Wildman–Crippen LogP) is -3.04. The Morgan fingerprint density at radius 1 is 0.791 bits per heavy atom. The lowest BCUT2D eigenvalue weighted by Crippen LogP contribution is -2.58. The molecule has 4 atom stereocenters. The standard InChI is InChI=1S/C27H41N9O7/c28-11-5-4-9-18-24(41)34-17(10-6-12-31-27(29)30)23(40)32-15-21(37)33-20(14-22(38)39)26(43)36-19(25(42)35-18)13-16-7-2-1-3-8-16/h1-3,7-8,17-20H,4-6,9-15,28H2,(H,32,40)(H,33,37)(H,34,41)(H,35,42)(H,36,43)(H,38,39)(H4,29,30,31)/t17?,18-,19-,20+/m0/s1. The van der Waals surface area contributed by atoms with E-state index in [0.717, 1.165) is 0 Å². The van der Waals surface area contributed by atoms with E-state index in [9.17, 15) is 33.9 Å². The molecule has 5 amide bonds. The van der Waals surface area contributed by atoms with E-state index in [1.165, 1.54) is 0 Å². The topological polar surface area (TPSA) is 273 Å². The van der Waals surface area contributed by atoms with E-state index >= 15 is 0 Å². The highest BCUT2D eigenvalue weighted by molar-refractivity contribution is 5.98. The molecular formula is C27H41N9O7. The molecule has 43 heavy (non-hydrogen) atoms. The summed E-state index contributed by atoms with van der Waals surface area (Å²) in [4.78, 5) is 81.1. The van der Waals surface area contributed by atoms with Gasteiger partial charge in [-0.25, -0.2) is 0 Å². The number of unbranched alkanes of at least 4 members (excludes halogenated alkanes) is 1. The number of carbonyl (C=O) groups is 6. The van der Waals surface area contributed by atoms with Gasteiger partial charge in [0.1, 0.15) is 24.2 Å². The number of nitrogens with two attached hydrogens (primary N) is 3. The van der Waals surface area contributed by atoms with Crippen molar-refractivity contribution in [3.8, 4) is 0 Å². The van der Waals surface area contributed by atoms with Crippen LogP contribution in [0.5, 0.6) is 0 Å². The molecule has 236 valence electrons. The second-order valence-corrected chi connectivity index (χ2v) is 10.0. The van der Waals surface area contributed by atoms with Crippen LogP contribution in [0.2, 0.25) is 0 Å². The van der Waals surface area contributed by atoms with Gasteiger partial charge in [-0.2, -0.15) is 0 Å². The van der Waals surface area contributed by atoms with Crippen LogP contribution in [0.4, 0.5) is 0 Å². The number of carbonyl (C=O) groups excluding carboxylic acids is 5. The summed E-state index contributed by atoms with van der Waals surface area (Å²) in [5, 5.41) is 21.9. The highest BCUT2D eigenvalue weighted by atomic mass is 16.4. The first-order valence-corrected chi connectivity index (χ1v) is 14.0. The summed E-state index contributed by atoms with van der Waals surface area (Å²) in [5.41, 5.74) is 17.0. The van der Waals surface area contributed by atoms with Gasteiger partial charge in [0, 0.05) is 13.0 Å².